The minimum atomic E-state index is 0.444. The van der Waals surface area contributed by atoms with Gasteiger partial charge in [0.05, 0.1) is 0 Å². The second kappa shape index (κ2) is 10.8. The molecule has 0 aliphatic rings. The number of hydrogen-bond acceptors (Lipinski definition) is 1. The minimum absolute atomic E-state index is 0.444. The summed E-state index contributed by atoms with van der Waals surface area (Å²) in [6, 6.07) is 6.16. The predicted octanol–water partition coefficient (Wildman–Crippen LogP) is 6.03. The fourth-order valence-electron chi connectivity index (χ4n) is 2.72. The average molecular weight is 276 g/mol. The Bertz CT molecular complexity index is 357. The maximum Gasteiger partial charge on any atom is 0.116 e. The van der Waals surface area contributed by atoms with Crippen LogP contribution >= 0.6 is 0 Å². The highest BCUT2D eigenvalue weighted by Gasteiger charge is 2.01. The highest BCUT2D eigenvalue weighted by atomic mass is 16.3. The largest absolute Gasteiger partial charge is 0.508 e. The van der Waals surface area contributed by atoms with Gasteiger partial charge in [-0.3, -0.25) is 0 Å². The Kier molecular flexibility index (Phi) is 9.19. The van der Waals surface area contributed by atoms with E-state index < -0.39 is 0 Å². The van der Waals surface area contributed by atoms with Crippen molar-refractivity contribution in [1.82, 2.24) is 0 Å². The fraction of sp³-hybridized carbons (Fsp3) is 0.684. The Morgan fingerprint density at radius 3 is 1.70 bits per heavy atom. The van der Waals surface area contributed by atoms with Gasteiger partial charge in [0, 0.05) is 0 Å². The highest BCUT2D eigenvalue weighted by Crippen LogP contribution is 2.20. The topological polar surface area (TPSA) is 20.2 Å². The van der Waals surface area contributed by atoms with Crippen molar-refractivity contribution in [1.29, 1.82) is 0 Å². The highest BCUT2D eigenvalue weighted by molar-refractivity contribution is 5.33. The number of phenols is 1. The van der Waals surface area contributed by atoms with Crippen molar-refractivity contribution in [2.24, 2.45) is 0 Å². The lowest BCUT2D eigenvalue weighted by Crippen LogP contribution is -1.91. The van der Waals surface area contributed by atoms with E-state index in [1.165, 1.54) is 68.9 Å². The second-order valence-corrected chi connectivity index (χ2v) is 5.98. The first-order chi connectivity index (χ1) is 9.76. The van der Waals surface area contributed by atoms with Gasteiger partial charge in [0.15, 0.2) is 0 Å². The van der Waals surface area contributed by atoms with Crippen LogP contribution in [0.25, 0.3) is 0 Å². The predicted molar refractivity (Wildman–Crippen MR) is 88.4 cm³/mol. The molecule has 0 aromatic heterocycles. The van der Waals surface area contributed by atoms with Crippen LogP contribution in [0.15, 0.2) is 18.2 Å². The number of unbranched alkanes of at least 4 members (excludes halogenated alkanes) is 7. The number of phenolic OH excluding ortho intramolecular Hbond substituents is 1. The van der Waals surface area contributed by atoms with Crippen LogP contribution in [-0.4, -0.2) is 5.11 Å². The van der Waals surface area contributed by atoms with Gasteiger partial charge < -0.3 is 5.11 Å². The Labute approximate surface area is 125 Å². The monoisotopic (exact) mass is 276 g/mol. The molecule has 1 nitrogen and oxygen atoms in total. The first-order valence-electron chi connectivity index (χ1n) is 8.58. The first-order valence-corrected chi connectivity index (χ1v) is 8.58. The molecule has 0 amide bonds. The molecular formula is C19H32O. The molecule has 0 aliphatic carbocycles. The Morgan fingerprint density at radius 1 is 0.650 bits per heavy atom. The molecule has 0 aliphatic heterocycles. The molecule has 0 saturated carbocycles. The van der Waals surface area contributed by atoms with Crippen LogP contribution in [0.5, 0.6) is 5.75 Å². The summed E-state index contributed by atoms with van der Waals surface area (Å²) in [5.74, 6) is 0.444. The van der Waals surface area contributed by atoms with Crippen molar-refractivity contribution in [3.05, 3.63) is 29.3 Å². The van der Waals surface area contributed by atoms with Gasteiger partial charge in [0.1, 0.15) is 5.75 Å². The maximum absolute atomic E-state index is 9.82. The smallest absolute Gasteiger partial charge is 0.116 e. The molecule has 0 heterocycles. The Balaban J connectivity index is 2.33. The van der Waals surface area contributed by atoms with Crippen molar-refractivity contribution < 1.29 is 5.11 Å². The van der Waals surface area contributed by atoms with Crippen LogP contribution in [0, 0.1) is 0 Å². The third kappa shape index (κ3) is 7.57. The van der Waals surface area contributed by atoms with E-state index in [4.69, 9.17) is 0 Å². The van der Waals surface area contributed by atoms with Crippen molar-refractivity contribution >= 4 is 0 Å². The molecule has 20 heavy (non-hydrogen) atoms. The summed E-state index contributed by atoms with van der Waals surface area (Å²) in [4.78, 5) is 0. The maximum atomic E-state index is 9.82. The second-order valence-electron chi connectivity index (χ2n) is 5.98. The van der Waals surface area contributed by atoms with Gasteiger partial charge in [-0.15, -0.1) is 0 Å². The lowest BCUT2D eigenvalue weighted by atomic mass is 10.00. The molecule has 0 radical (unpaired) electrons. The van der Waals surface area contributed by atoms with E-state index in [9.17, 15) is 5.11 Å². The Morgan fingerprint density at radius 2 is 1.10 bits per heavy atom. The van der Waals surface area contributed by atoms with Gasteiger partial charge in [0.25, 0.3) is 0 Å². The third-order valence-electron chi connectivity index (χ3n) is 3.93. The van der Waals surface area contributed by atoms with E-state index in [0.717, 1.165) is 12.8 Å². The summed E-state index contributed by atoms with van der Waals surface area (Å²) >= 11 is 0. The number of rotatable bonds is 11. The van der Waals surface area contributed by atoms with Crippen LogP contribution in [0.3, 0.4) is 0 Å². The van der Waals surface area contributed by atoms with Crippen molar-refractivity contribution in [3.63, 3.8) is 0 Å². The third-order valence-corrected chi connectivity index (χ3v) is 3.93. The zero-order chi connectivity index (χ0) is 14.6. The molecule has 1 rings (SSSR count). The molecule has 0 spiro atoms. The van der Waals surface area contributed by atoms with Gasteiger partial charge in [0.2, 0.25) is 0 Å². The van der Waals surface area contributed by atoms with Crippen LogP contribution in [0.2, 0.25) is 0 Å². The number of benzene rings is 1. The molecule has 0 atom stereocenters. The molecule has 1 N–H and O–H groups in total. The summed E-state index contributed by atoms with van der Waals surface area (Å²) < 4.78 is 0. The molecular weight excluding hydrogens is 244 g/mol. The molecule has 1 aromatic carbocycles. The molecule has 0 bridgehead atoms. The van der Waals surface area contributed by atoms with Crippen molar-refractivity contribution in [3.8, 4) is 5.75 Å². The van der Waals surface area contributed by atoms with E-state index in [0.29, 0.717) is 5.75 Å². The summed E-state index contributed by atoms with van der Waals surface area (Å²) in [5.41, 5.74) is 2.62. The van der Waals surface area contributed by atoms with Gasteiger partial charge in [-0.05, 0) is 48.9 Å². The minimum Gasteiger partial charge on any atom is -0.508 e. The van der Waals surface area contributed by atoms with Crippen LogP contribution in [0.1, 0.15) is 82.8 Å². The normalized spacial score (nSPS) is 10.9. The van der Waals surface area contributed by atoms with E-state index in [1.54, 1.807) is 0 Å². The molecule has 0 fully saturated rings. The Hall–Kier alpha value is -0.980. The van der Waals surface area contributed by atoms with E-state index in [1.807, 2.05) is 12.1 Å². The molecule has 0 unspecified atom stereocenters. The summed E-state index contributed by atoms with van der Waals surface area (Å²) in [6.07, 6.45) is 14.0. The van der Waals surface area contributed by atoms with E-state index in [2.05, 4.69) is 19.9 Å². The molecule has 1 aromatic rings. The zero-order valence-electron chi connectivity index (χ0n) is 13.5. The molecule has 114 valence electrons. The fourth-order valence-corrected chi connectivity index (χ4v) is 2.72. The number of hydrogen-bond donors (Lipinski definition) is 1. The van der Waals surface area contributed by atoms with Crippen molar-refractivity contribution in [2.75, 3.05) is 0 Å². The molecule has 0 saturated heterocycles. The summed E-state index contributed by atoms with van der Waals surface area (Å²) in [6.45, 7) is 4.49. The summed E-state index contributed by atoms with van der Waals surface area (Å²) in [5, 5.41) is 9.82. The van der Waals surface area contributed by atoms with E-state index >= 15 is 0 Å². The van der Waals surface area contributed by atoms with Crippen LogP contribution in [0.4, 0.5) is 0 Å². The SMILES string of the molecule is CCCCCCCCc1cc(O)cc(CCCCC)c1. The van der Waals surface area contributed by atoms with Gasteiger partial charge in [-0.1, -0.05) is 64.9 Å². The lowest BCUT2D eigenvalue weighted by molar-refractivity contribution is 0.473. The van der Waals surface area contributed by atoms with Gasteiger partial charge in [-0.2, -0.15) is 0 Å². The lowest BCUT2D eigenvalue weighted by Gasteiger charge is -2.07. The van der Waals surface area contributed by atoms with Gasteiger partial charge in [-0.25, -0.2) is 0 Å². The number of aromatic hydroxyl groups is 1. The average Bonchev–Trinajstić information content (AvgIpc) is 2.42. The standard InChI is InChI=1S/C19H32O/c1-3-5-7-8-9-11-13-18-14-17(12-10-6-4-2)15-19(20)16-18/h14-16,20H,3-13H2,1-2H3. The van der Waals surface area contributed by atoms with Crippen LogP contribution < -0.4 is 0 Å². The zero-order valence-corrected chi connectivity index (χ0v) is 13.5. The quantitative estimate of drug-likeness (QED) is 0.489. The van der Waals surface area contributed by atoms with Crippen molar-refractivity contribution in [2.45, 2.75) is 84.5 Å². The summed E-state index contributed by atoms with van der Waals surface area (Å²) in [7, 11) is 0. The van der Waals surface area contributed by atoms with Gasteiger partial charge >= 0.3 is 0 Å². The molecule has 1 heteroatoms. The first kappa shape index (κ1) is 17.1. The van der Waals surface area contributed by atoms with Crippen LogP contribution in [-0.2, 0) is 12.8 Å². The van der Waals surface area contributed by atoms with E-state index in [-0.39, 0.29) is 0 Å². The number of aryl methyl sites for hydroxylation is 2.